The van der Waals surface area contributed by atoms with Crippen LogP contribution < -0.4 is 5.32 Å². The van der Waals surface area contributed by atoms with Crippen molar-refractivity contribution in [2.45, 2.75) is 76.2 Å². The number of sulfonamides is 1. The van der Waals surface area contributed by atoms with Crippen LogP contribution in [0.1, 0.15) is 53.0 Å². The predicted molar refractivity (Wildman–Crippen MR) is 131 cm³/mol. The zero-order valence-electron chi connectivity index (χ0n) is 22.0. The molecule has 2 fully saturated rings. The van der Waals surface area contributed by atoms with Gasteiger partial charge in [0.2, 0.25) is 15.9 Å². The number of nitrogens with one attached hydrogen (secondary N) is 1. The number of halogens is 3. The number of likely N-dealkylation sites (N-methyl/N-ethyl adjacent to an activating group) is 1. The Morgan fingerprint density at radius 1 is 1.08 bits per heavy atom. The number of carbonyl (C=O) groups is 2. The van der Waals surface area contributed by atoms with Gasteiger partial charge >= 0.3 is 12.3 Å². The van der Waals surface area contributed by atoms with Gasteiger partial charge in [0.15, 0.2) is 0 Å². The number of alkyl halides is 3. The van der Waals surface area contributed by atoms with Crippen LogP contribution in [0.25, 0.3) is 0 Å². The SMILES string of the molecule is CC(C)[C@@H](C(=O)N[C@@H]1CC[C@H]2CN(S(=O)(=O)c3ccc(C(F)(F)F)cc3)C[C@H]21)N(C)C(=O)OC(C)(C)C. The first-order valence-electron chi connectivity index (χ1n) is 12.4. The van der Waals surface area contributed by atoms with E-state index in [4.69, 9.17) is 4.74 Å². The second-order valence-electron chi connectivity index (χ2n) is 11.2. The Bertz CT molecular complexity index is 1100. The molecule has 0 aromatic heterocycles. The fourth-order valence-corrected chi connectivity index (χ4v) is 6.74. The summed E-state index contributed by atoms with van der Waals surface area (Å²) in [6.07, 6.45) is -3.77. The van der Waals surface area contributed by atoms with E-state index in [1.54, 1.807) is 20.8 Å². The Balaban J connectivity index is 1.69. The van der Waals surface area contributed by atoms with Gasteiger partial charge in [-0.3, -0.25) is 9.69 Å². The maximum absolute atomic E-state index is 13.3. The molecular formula is C25H36F3N3O5S. The number of nitrogens with zero attached hydrogens (tertiary/aromatic N) is 2. The minimum Gasteiger partial charge on any atom is -0.444 e. The zero-order chi connectivity index (χ0) is 27.9. The Morgan fingerprint density at radius 2 is 1.68 bits per heavy atom. The van der Waals surface area contributed by atoms with E-state index in [1.807, 2.05) is 13.8 Å². The van der Waals surface area contributed by atoms with Crippen molar-refractivity contribution in [3.63, 3.8) is 0 Å². The molecule has 1 aliphatic carbocycles. The Kier molecular flexibility index (Phi) is 8.24. The Morgan fingerprint density at radius 3 is 2.19 bits per heavy atom. The van der Waals surface area contributed by atoms with Gasteiger partial charge in [0.25, 0.3) is 0 Å². The summed E-state index contributed by atoms with van der Waals surface area (Å²) in [6, 6.07) is 2.43. The second-order valence-corrected chi connectivity index (χ2v) is 13.2. The van der Waals surface area contributed by atoms with Crippen LogP contribution in [-0.4, -0.2) is 67.4 Å². The summed E-state index contributed by atoms with van der Waals surface area (Å²) in [4.78, 5) is 26.9. The molecule has 4 atom stereocenters. The van der Waals surface area contributed by atoms with Crippen LogP contribution >= 0.6 is 0 Å². The third kappa shape index (κ3) is 6.57. The summed E-state index contributed by atoms with van der Waals surface area (Å²) in [7, 11) is -2.47. The van der Waals surface area contributed by atoms with Crippen LogP contribution in [0, 0.1) is 17.8 Å². The number of benzene rings is 1. The lowest BCUT2D eigenvalue weighted by molar-refractivity contribution is -0.137. The molecule has 1 saturated carbocycles. The van der Waals surface area contributed by atoms with Crippen molar-refractivity contribution in [1.82, 2.24) is 14.5 Å². The molecule has 0 spiro atoms. The summed E-state index contributed by atoms with van der Waals surface area (Å²) in [5.41, 5.74) is -1.63. The highest BCUT2D eigenvalue weighted by Gasteiger charge is 2.47. The van der Waals surface area contributed by atoms with Gasteiger partial charge in [-0.25, -0.2) is 13.2 Å². The van der Waals surface area contributed by atoms with Crippen molar-refractivity contribution in [2.75, 3.05) is 20.1 Å². The van der Waals surface area contributed by atoms with E-state index in [2.05, 4.69) is 5.32 Å². The normalized spacial score (nSPS) is 23.6. The van der Waals surface area contributed by atoms with Crippen molar-refractivity contribution < 1.29 is 35.9 Å². The molecule has 0 bridgehead atoms. The van der Waals surface area contributed by atoms with E-state index in [0.29, 0.717) is 12.8 Å². The standard InChI is InChI=1S/C25H36F3N3O5S/c1-15(2)21(30(6)23(33)36-24(3,4)5)22(32)29-20-12-7-16-13-31(14-19(16)20)37(34,35)18-10-8-17(9-11-18)25(26,27)28/h8-11,15-16,19-21H,7,12-14H2,1-6H3,(H,29,32)/t16-,19+,20+,21-/m0/s1. The summed E-state index contributed by atoms with van der Waals surface area (Å²) >= 11 is 0. The summed E-state index contributed by atoms with van der Waals surface area (Å²) in [5.74, 6) is -0.642. The van der Waals surface area contributed by atoms with Crippen molar-refractivity contribution in [3.8, 4) is 0 Å². The van der Waals surface area contributed by atoms with Crippen LogP contribution in [0.5, 0.6) is 0 Å². The quantitative estimate of drug-likeness (QED) is 0.578. The molecule has 1 aliphatic heterocycles. The van der Waals surface area contributed by atoms with Crippen molar-refractivity contribution in [1.29, 1.82) is 0 Å². The molecule has 2 aliphatic rings. The molecule has 1 heterocycles. The smallest absolute Gasteiger partial charge is 0.416 e. The second kappa shape index (κ2) is 10.4. The van der Waals surface area contributed by atoms with Gasteiger partial charge in [-0.2, -0.15) is 17.5 Å². The Labute approximate surface area is 216 Å². The molecule has 1 saturated heterocycles. The van der Waals surface area contributed by atoms with Crippen LogP contribution in [0.4, 0.5) is 18.0 Å². The van der Waals surface area contributed by atoms with Crippen LogP contribution in [0.2, 0.25) is 0 Å². The first-order valence-corrected chi connectivity index (χ1v) is 13.8. The van der Waals surface area contributed by atoms with Crippen molar-refractivity contribution in [2.24, 2.45) is 17.8 Å². The molecule has 1 aromatic rings. The first-order chi connectivity index (χ1) is 16.9. The van der Waals surface area contributed by atoms with Gasteiger partial charge in [0.05, 0.1) is 10.5 Å². The predicted octanol–water partition coefficient (Wildman–Crippen LogP) is 4.11. The number of carbonyl (C=O) groups excluding carboxylic acids is 2. The van der Waals surface area contributed by atoms with Gasteiger partial charge < -0.3 is 10.1 Å². The van der Waals surface area contributed by atoms with Gasteiger partial charge in [0.1, 0.15) is 11.6 Å². The fourth-order valence-electron chi connectivity index (χ4n) is 5.21. The lowest BCUT2D eigenvalue weighted by atomic mass is 9.96. The highest BCUT2D eigenvalue weighted by atomic mass is 32.2. The third-order valence-corrected chi connectivity index (χ3v) is 8.82. The monoisotopic (exact) mass is 547 g/mol. The van der Waals surface area contributed by atoms with E-state index in [-0.39, 0.29) is 47.7 Å². The van der Waals surface area contributed by atoms with Gasteiger partial charge in [0, 0.05) is 26.2 Å². The van der Waals surface area contributed by atoms with Crippen LogP contribution in [0.3, 0.4) is 0 Å². The van der Waals surface area contributed by atoms with E-state index >= 15 is 0 Å². The third-order valence-electron chi connectivity index (χ3n) is 6.97. The van der Waals surface area contributed by atoms with E-state index < -0.39 is 39.5 Å². The lowest BCUT2D eigenvalue weighted by Gasteiger charge is -2.33. The highest BCUT2D eigenvalue weighted by molar-refractivity contribution is 7.89. The summed E-state index contributed by atoms with van der Waals surface area (Å²) in [5, 5.41) is 3.03. The van der Waals surface area contributed by atoms with E-state index in [1.165, 1.54) is 16.3 Å². The fraction of sp³-hybridized carbons (Fsp3) is 0.680. The number of ether oxygens (including phenoxy) is 1. The van der Waals surface area contributed by atoms with Crippen LogP contribution in [0.15, 0.2) is 29.2 Å². The van der Waals surface area contributed by atoms with E-state index in [9.17, 15) is 31.2 Å². The maximum Gasteiger partial charge on any atom is 0.416 e. The topological polar surface area (TPSA) is 96.0 Å². The minimum absolute atomic E-state index is 0.0237. The molecule has 0 unspecified atom stereocenters. The molecule has 0 radical (unpaired) electrons. The molecule has 3 rings (SSSR count). The zero-order valence-corrected chi connectivity index (χ0v) is 22.8. The molecule has 37 heavy (non-hydrogen) atoms. The molecule has 1 N–H and O–H groups in total. The molecule has 208 valence electrons. The van der Waals surface area contributed by atoms with Gasteiger partial charge in [-0.15, -0.1) is 0 Å². The molecule has 1 aromatic carbocycles. The first kappa shape index (κ1) is 29.2. The summed E-state index contributed by atoms with van der Waals surface area (Å²) in [6.45, 7) is 9.29. The molecule has 12 heteroatoms. The maximum atomic E-state index is 13.3. The van der Waals surface area contributed by atoms with E-state index in [0.717, 1.165) is 24.3 Å². The number of amides is 2. The average molecular weight is 548 g/mol. The number of hydrogen-bond acceptors (Lipinski definition) is 5. The van der Waals surface area contributed by atoms with Crippen LogP contribution in [-0.2, 0) is 25.7 Å². The van der Waals surface area contributed by atoms with Gasteiger partial charge in [-0.05, 0) is 75.6 Å². The molecule has 8 nitrogen and oxygen atoms in total. The lowest BCUT2D eigenvalue weighted by Crippen LogP contribution is -2.54. The molecule has 2 amide bonds. The summed E-state index contributed by atoms with van der Waals surface area (Å²) < 4.78 is 71.6. The number of hydrogen-bond donors (Lipinski definition) is 1. The molecular weight excluding hydrogens is 511 g/mol. The minimum atomic E-state index is -4.55. The Hall–Kier alpha value is -2.34. The average Bonchev–Trinajstić information content (AvgIpc) is 3.34. The van der Waals surface area contributed by atoms with Crippen molar-refractivity contribution in [3.05, 3.63) is 29.8 Å². The largest absolute Gasteiger partial charge is 0.444 e. The van der Waals surface area contributed by atoms with Crippen molar-refractivity contribution >= 4 is 22.0 Å². The highest BCUT2D eigenvalue weighted by Crippen LogP contribution is 2.40. The number of fused-ring (bicyclic) bond motifs is 1. The number of rotatable bonds is 6. The van der Waals surface area contributed by atoms with Gasteiger partial charge in [-0.1, -0.05) is 13.8 Å².